The van der Waals surface area contributed by atoms with Crippen molar-refractivity contribution >= 4 is 5.69 Å². The number of hydrogen-bond acceptors (Lipinski definition) is 3. The molecule has 3 nitrogen and oxygen atoms in total. The summed E-state index contributed by atoms with van der Waals surface area (Å²) in [5, 5.41) is 11.9. The number of nitrogens with one attached hydrogen (secondary N) is 1. The first-order valence-electron chi connectivity index (χ1n) is 8.20. The van der Waals surface area contributed by atoms with Crippen molar-refractivity contribution < 1.29 is 4.74 Å². The normalized spacial score (nSPS) is 10.1. The van der Waals surface area contributed by atoms with Crippen LogP contribution >= 0.6 is 0 Å². The summed E-state index contributed by atoms with van der Waals surface area (Å²) >= 11 is 0. The van der Waals surface area contributed by atoms with Crippen molar-refractivity contribution in [1.82, 2.24) is 0 Å². The molecule has 0 saturated heterocycles. The third-order valence-corrected chi connectivity index (χ3v) is 3.40. The van der Waals surface area contributed by atoms with Crippen molar-refractivity contribution in [1.29, 1.82) is 5.26 Å². The Bertz CT molecular complexity index is 412. The van der Waals surface area contributed by atoms with Gasteiger partial charge in [-0.1, -0.05) is 45.1 Å². The van der Waals surface area contributed by atoms with Crippen LogP contribution in [0.2, 0.25) is 0 Å². The van der Waals surface area contributed by atoms with Gasteiger partial charge in [-0.15, -0.1) is 0 Å². The summed E-state index contributed by atoms with van der Waals surface area (Å²) in [7, 11) is 0. The summed E-state index contributed by atoms with van der Waals surface area (Å²) in [6.07, 6.45) is 9.23. The van der Waals surface area contributed by atoms with Gasteiger partial charge in [0.2, 0.25) is 0 Å². The molecule has 1 rings (SSSR count). The van der Waals surface area contributed by atoms with Crippen LogP contribution in [-0.2, 0) is 0 Å². The predicted molar refractivity (Wildman–Crippen MR) is 88.6 cm³/mol. The van der Waals surface area contributed by atoms with E-state index >= 15 is 0 Å². The Kier molecular flexibility index (Phi) is 9.99. The van der Waals surface area contributed by atoms with Crippen molar-refractivity contribution in [3.8, 4) is 11.8 Å². The lowest BCUT2D eigenvalue weighted by atomic mass is 10.1. The van der Waals surface area contributed by atoms with Crippen LogP contribution in [0.4, 0.5) is 5.69 Å². The van der Waals surface area contributed by atoms with Crippen LogP contribution in [-0.4, -0.2) is 13.2 Å². The smallest absolute Gasteiger partial charge is 0.121 e. The van der Waals surface area contributed by atoms with Gasteiger partial charge >= 0.3 is 0 Å². The van der Waals surface area contributed by atoms with Gasteiger partial charge in [-0.05, 0) is 25.0 Å². The fourth-order valence-corrected chi connectivity index (χ4v) is 2.18. The number of nitrogens with zero attached hydrogens (tertiary/aromatic N) is 1. The molecular weight excluding hydrogens is 260 g/mol. The monoisotopic (exact) mass is 288 g/mol. The van der Waals surface area contributed by atoms with E-state index in [0.717, 1.165) is 24.4 Å². The molecule has 0 aliphatic rings. The molecule has 0 bridgehead atoms. The number of hydrogen-bond donors (Lipinski definition) is 1. The number of benzene rings is 1. The first-order valence-corrected chi connectivity index (χ1v) is 8.20. The molecule has 1 aromatic rings. The van der Waals surface area contributed by atoms with Gasteiger partial charge in [-0.3, -0.25) is 0 Å². The molecule has 1 aromatic carbocycles. The molecule has 0 amide bonds. The summed E-state index contributed by atoms with van der Waals surface area (Å²) in [4.78, 5) is 0. The molecular formula is C18H28N2O. The van der Waals surface area contributed by atoms with Gasteiger partial charge in [0.05, 0.1) is 12.7 Å². The van der Waals surface area contributed by atoms with Gasteiger partial charge in [-0.2, -0.15) is 5.26 Å². The third kappa shape index (κ3) is 8.96. The lowest BCUT2D eigenvalue weighted by Crippen LogP contribution is -2.02. The summed E-state index contributed by atoms with van der Waals surface area (Å²) in [5.41, 5.74) is 1.11. The molecule has 3 heteroatoms. The van der Waals surface area contributed by atoms with Crippen LogP contribution in [0.15, 0.2) is 24.3 Å². The fraction of sp³-hybridized carbons (Fsp3) is 0.611. The van der Waals surface area contributed by atoms with E-state index in [2.05, 4.69) is 24.4 Å². The molecule has 0 saturated carbocycles. The third-order valence-electron chi connectivity index (χ3n) is 3.40. The van der Waals surface area contributed by atoms with Crippen molar-refractivity contribution in [2.24, 2.45) is 0 Å². The Hall–Kier alpha value is -1.69. The molecule has 1 N–H and O–H groups in total. The molecule has 0 atom stereocenters. The molecule has 116 valence electrons. The van der Waals surface area contributed by atoms with Crippen LogP contribution < -0.4 is 10.1 Å². The van der Waals surface area contributed by atoms with Crippen molar-refractivity contribution in [2.75, 3.05) is 18.5 Å². The average molecular weight is 288 g/mol. The second kappa shape index (κ2) is 12.1. The van der Waals surface area contributed by atoms with Crippen LogP contribution in [0.1, 0.15) is 58.3 Å². The molecule has 0 heterocycles. The Morgan fingerprint density at radius 1 is 1.10 bits per heavy atom. The maximum absolute atomic E-state index is 8.48. The zero-order valence-electron chi connectivity index (χ0n) is 13.2. The second-order valence-electron chi connectivity index (χ2n) is 5.33. The minimum absolute atomic E-state index is 0.552. The van der Waals surface area contributed by atoms with Gasteiger partial charge in [0, 0.05) is 24.7 Å². The van der Waals surface area contributed by atoms with Gasteiger partial charge in [0.25, 0.3) is 0 Å². The SMILES string of the molecule is CCCCCCCCNc1cccc(OCCCC#N)c1. The molecule has 0 aromatic heterocycles. The molecule has 0 radical (unpaired) electrons. The lowest BCUT2D eigenvalue weighted by Gasteiger charge is -2.09. The Labute approximate surface area is 129 Å². The summed E-state index contributed by atoms with van der Waals surface area (Å²) < 4.78 is 5.63. The van der Waals surface area contributed by atoms with Crippen LogP contribution in [0.5, 0.6) is 5.75 Å². The summed E-state index contributed by atoms with van der Waals surface area (Å²) in [5.74, 6) is 0.876. The van der Waals surface area contributed by atoms with Gasteiger partial charge in [0.15, 0.2) is 0 Å². The number of rotatable bonds is 12. The van der Waals surface area contributed by atoms with E-state index in [4.69, 9.17) is 10.00 Å². The predicted octanol–water partition coefficient (Wildman–Crippen LogP) is 5.14. The topological polar surface area (TPSA) is 45.0 Å². The standard InChI is InChI=1S/C18H28N2O/c1-2-3-4-5-6-8-14-20-17-11-10-12-18(16-17)21-15-9-7-13-19/h10-12,16,20H,2-9,14-15H2,1H3. The van der Waals surface area contributed by atoms with E-state index < -0.39 is 0 Å². The van der Waals surface area contributed by atoms with E-state index in [0.29, 0.717) is 13.0 Å². The number of anilines is 1. The summed E-state index contributed by atoms with van der Waals surface area (Å²) in [6, 6.07) is 10.2. The van der Waals surface area contributed by atoms with Gasteiger partial charge < -0.3 is 10.1 Å². The highest BCUT2D eigenvalue weighted by atomic mass is 16.5. The Morgan fingerprint density at radius 3 is 2.71 bits per heavy atom. The quantitative estimate of drug-likeness (QED) is 0.541. The van der Waals surface area contributed by atoms with E-state index in [-0.39, 0.29) is 0 Å². The Balaban J connectivity index is 2.15. The highest BCUT2D eigenvalue weighted by molar-refractivity contribution is 5.48. The molecule has 0 aliphatic carbocycles. The van der Waals surface area contributed by atoms with Crippen LogP contribution in [0, 0.1) is 11.3 Å². The lowest BCUT2D eigenvalue weighted by molar-refractivity contribution is 0.313. The van der Waals surface area contributed by atoms with Crippen LogP contribution in [0.3, 0.4) is 0 Å². The largest absolute Gasteiger partial charge is 0.493 e. The fourth-order valence-electron chi connectivity index (χ4n) is 2.18. The first-order chi connectivity index (χ1) is 10.4. The average Bonchev–Trinajstić information content (AvgIpc) is 2.51. The molecule has 21 heavy (non-hydrogen) atoms. The number of ether oxygens (including phenoxy) is 1. The van der Waals surface area contributed by atoms with E-state index in [9.17, 15) is 0 Å². The second-order valence-corrected chi connectivity index (χ2v) is 5.33. The van der Waals surface area contributed by atoms with E-state index in [1.54, 1.807) is 0 Å². The zero-order chi connectivity index (χ0) is 15.2. The zero-order valence-corrected chi connectivity index (χ0v) is 13.2. The first kappa shape index (κ1) is 17.4. The molecule has 0 aliphatic heterocycles. The van der Waals surface area contributed by atoms with Crippen molar-refractivity contribution in [3.05, 3.63) is 24.3 Å². The highest BCUT2D eigenvalue weighted by Crippen LogP contribution is 2.18. The van der Waals surface area contributed by atoms with E-state index in [1.165, 1.54) is 38.5 Å². The minimum atomic E-state index is 0.552. The van der Waals surface area contributed by atoms with Crippen LogP contribution in [0.25, 0.3) is 0 Å². The molecule has 0 unspecified atom stereocenters. The summed E-state index contributed by atoms with van der Waals surface area (Å²) in [6.45, 7) is 3.87. The van der Waals surface area contributed by atoms with Crippen molar-refractivity contribution in [2.45, 2.75) is 58.3 Å². The van der Waals surface area contributed by atoms with E-state index in [1.807, 2.05) is 18.2 Å². The van der Waals surface area contributed by atoms with Gasteiger partial charge in [0.1, 0.15) is 5.75 Å². The molecule has 0 spiro atoms. The maximum atomic E-state index is 8.48. The van der Waals surface area contributed by atoms with Gasteiger partial charge in [-0.25, -0.2) is 0 Å². The molecule has 0 fully saturated rings. The Morgan fingerprint density at radius 2 is 1.90 bits per heavy atom. The number of nitriles is 1. The van der Waals surface area contributed by atoms with Crippen molar-refractivity contribution in [3.63, 3.8) is 0 Å². The maximum Gasteiger partial charge on any atom is 0.121 e. The minimum Gasteiger partial charge on any atom is -0.493 e. The number of unbranched alkanes of at least 4 members (excludes halogenated alkanes) is 6. The highest BCUT2D eigenvalue weighted by Gasteiger charge is 1.97.